The van der Waals surface area contributed by atoms with E-state index in [1.807, 2.05) is 6.07 Å². The van der Waals surface area contributed by atoms with Crippen molar-refractivity contribution in [3.63, 3.8) is 0 Å². The Bertz CT molecular complexity index is 337. The topological polar surface area (TPSA) is 37.8 Å². The molecule has 0 spiro atoms. The number of hydrogen-bond donors (Lipinski definition) is 1. The predicted molar refractivity (Wildman–Crippen MR) is 70.0 cm³/mol. The lowest BCUT2D eigenvalue weighted by Crippen LogP contribution is -2.34. The molecular formula is C13H19N3S. The van der Waals surface area contributed by atoms with Gasteiger partial charge < -0.3 is 5.32 Å². The van der Waals surface area contributed by atoms with Crippen molar-refractivity contribution < 1.29 is 0 Å². The first-order valence-corrected chi connectivity index (χ1v) is 7.55. The highest BCUT2D eigenvalue weighted by molar-refractivity contribution is 7.99. The molecule has 2 fully saturated rings. The van der Waals surface area contributed by atoms with Crippen LogP contribution in [0.2, 0.25) is 0 Å². The van der Waals surface area contributed by atoms with Gasteiger partial charge in [-0.2, -0.15) is 0 Å². The number of rotatable bonds is 7. The first-order valence-electron chi connectivity index (χ1n) is 6.56. The summed E-state index contributed by atoms with van der Waals surface area (Å²) < 4.78 is 0. The predicted octanol–water partition coefficient (Wildman–Crippen LogP) is 2.35. The quantitative estimate of drug-likeness (QED) is 0.457. The Morgan fingerprint density at radius 3 is 2.41 bits per heavy atom. The van der Waals surface area contributed by atoms with Gasteiger partial charge in [0.15, 0.2) is 5.16 Å². The second kappa shape index (κ2) is 5.36. The molecule has 0 atom stereocenters. The average molecular weight is 249 g/mol. The third-order valence-electron chi connectivity index (χ3n) is 3.52. The van der Waals surface area contributed by atoms with E-state index in [1.165, 1.54) is 25.7 Å². The van der Waals surface area contributed by atoms with Crippen LogP contribution in [0.3, 0.4) is 0 Å². The number of hydrogen-bond acceptors (Lipinski definition) is 4. The van der Waals surface area contributed by atoms with Crippen LogP contribution in [0.15, 0.2) is 23.6 Å². The lowest BCUT2D eigenvalue weighted by Gasteiger charge is -2.17. The van der Waals surface area contributed by atoms with Gasteiger partial charge in [0.05, 0.1) is 0 Å². The Hall–Kier alpha value is -0.610. The Labute approximate surface area is 107 Å². The van der Waals surface area contributed by atoms with Crippen LogP contribution < -0.4 is 5.32 Å². The summed E-state index contributed by atoms with van der Waals surface area (Å²) >= 11 is 1.74. The van der Waals surface area contributed by atoms with Crippen molar-refractivity contribution in [2.45, 2.75) is 36.9 Å². The third-order valence-corrected chi connectivity index (χ3v) is 4.39. The summed E-state index contributed by atoms with van der Waals surface area (Å²) in [6, 6.07) is 2.67. The highest BCUT2D eigenvalue weighted by atomic mass is 32.2. The van der Waals surface area contributed by atoms with Crippen molar-refractivity contribution in [2.75, 3.05) is 12.3 Å². The third kappa shape index (κ3) is 3.42. The molecule has 0 bridgehead atoms. The summed E-state index contributed by atoms with van der Waals surface area (Å²) in [5.41, 5.74) is 0. The molecule has 2 aliphatic carbocycles. The first-order chi connectivity index (χ1) is 8.43. The molecule has 1 heterocycles. The van der Waals surface area contributed by atoms with Gasteiger partial charge >= 0.3 is 0 Å². The average Bonchev–Trinajstić information content (AvgIpc) is 3.24. The SMILES string of the molecule is c1cnc(SCCNC(C2CC2)C2CC2)nc1. The molecule has 4 heteroatoms. The number of nitrogens with zero attached hydrogens (tertiary/aromatic N) is 2. The zero-order valence-corrected chi connectivity index (χ0v) is 10.8. The highest BCUT2D eigenvalue weighted by Gasteiger charge is 2.40. The lowest BCUT2D eigenvalue weighted by molar-refractivity contribution is 0.429. The van der Waals surface area contributed by atoms with Gasteiger partial charge in [0.25, 0.3) is 0 Å². The van der Waals surface area contributed by atoms with E-state index in [4.69, 9.17) is 0 Å². The zero-order chi connectivity index (χ0) is 11.5. The number of thioether (sulfide) groups is 1. The van der Waals surface area contributed by atoms with E-state index in [2.05, 4.69) is 15.3 Å². The molecule has 0 radical (unpaired) electrons. The maximum Gasteiger partial charge on any atom is 0.187 e. The minimum absolute atomic E-state index is 0.812. The molecule has 2 saturated carbocycles. The Morgan fingerprint density at radius 2 is 1.82 bits per heavy atom. The van der Waals surface area contributed by atoms with E-state index in [9.17, 15) is 0 Å². The molecule has 3 rings (SSSR count). The lowest BCUT2D eigenvalue weighted by atomic mass is 10.1. The molecule has 1 aromatic heterocycles. The van der Waals surface area contributed by atoms with Crippen LogP contribution in [0, 0.1) is 11.8 Å². The van der Waals surface area contributed by atoms with Gasteiger partial charge in [0.1, 0.15) is 0 Å². The second-order valence-corrected chi connectivity index (χ2v) is 6.10. The summed E-state index contributed by atoms with van der Waals surface area (Å²) in [5, 5.41) is 4.63. The molecule has 0 aliphatic heterocycles. The van der Waals surface area contributed by atoms with Crippen LogP contribution in [0.25, 0.3) is 0 Å². The van der Waals surface area contributed by atoms with Crippen LogP contribution in [0.5, 0.6) is 0 Å². The van der Waals surface area contributed by atoms with Crippen LogP contribution in [-0.2, 0) is 0 Å². The molecule has 1 N–H and O–H groups in total. The largest absolute Gasteiger partial charge is 0.313 e. The second-order valence-electron chi connectivity index (χ2n) is 5.03. The molecule has 0 unspecified atom stereocenters. The summed E-state index contributed by atoms with van der Waals surface area (Å²) in [5.74, 6) is 3.04. The summed E-state index contributed by atoms with van der Waals surface area (Å²) in [4.78, 5) is 8.43. The monoisotopic (exact) mass is 249 g/mol. The fraction of sp³-hybridized carbons (Fsp3) is 0.692. The molecule has 0 saturated heterocycles. The van der Waals surface area contributed by atoms with Gasteiger partial charge in [-0.05, 0) is 43.6 Å². The van der Waals surface area contributed by atoms with E-state index >= 15 is 0 Å². The minimum Gasteiger partial charge on any atom is -0.313 e. The van der Waals surface area contributed by atoms with Crippen molar-refractivity contribution in [2.24, 2.45) is 11.8 Å². The molecule has 3 nitrogen and oxygen atoms in total. The number of aromatic nitrogens is 2. The zero-order valence-electron chi connectivity index (χ0n) is 10.0. The van der Waals surface area contributed by atoms with Crippen molar-refractivity contribution in [3.05, 3.63) is 18.5 Å². The molecular weight excluding hydrogens is 230 g/mol. The highest BCUT2D eigenvalue weighted by Crippen LogP contribution is 2.44. The van der Waals surface area contributed by atoms with E-state index in [0.717, 1.165) is 35.3 Å². The van der Waals surface area contributed by atoms with Crippen molar-refractivity contribution >= 4 is 11.8 Å². The fourth-order valence-corrected chi connectivity index (χ4v) is 3.03. The summed E-state index contributed by atoms with van der Waals surface area (Å²) in [6.07, 6.45) is 9.40. The molecule has 0 aromatic carbocycles. The molecule has 1 aromatic rings. The van der Waals surface area contributed by atoms with Crippen LogP contribution in [-0.4, -0.2) is 28.3 Å². The van der Waals surface area contributed by atoms with Crippen LogP contribution in [0.4, 0.5) is 0 Å². The van der Waals surface area contributed by atoms with Gasteiger partial charge in [0.2, 0.25) is 0 Å². The normalized spacial score (nSPS) is 19.8. The molecule has 2 aliphatic rings. The summed E-state index contributed by atoms with van der Waals surface area (Å²) in [7, 11) is 0. The van der Waals surface area contributed by atoms with Gasteiger partial charge in [-0.15, -0.1) is 0 Å². The Kier molecular flexibility index (Phi) is 3.62. The Balaban J connectivity index is 1.37. The fourth-order valence-electron chi connectivity index (χ4n) is 2.36. The van der Waals surface area contributed by atoms with E-state index in [1.54, 1.807) is 24.2 Å². The Morgan fingerprint density at radius 1 is 1.18 bits per heavy atom. The summed E-state index contributed by atoms with van der Waals surface area (Å²) in [6.45, 7) is 1.08. The van der Waals surface area contributed by atoms with Crippen LogP contribution in [0.1, 0.15) is 25.7 Å². The van der Waals surface area contributed by atoms with Crippen molar-refractivity contribution in [1.29, 1.82) is 0 Å². The minimum atomic E-state index is 0.812. The van der Waals surface area contributed by atoms with Gasteiger partial charge in [-0.1, -0.05) is 11.8 Å². The molecule has 0 amide bonds. The number of nitrogens with one attached hydrogen (secondary N) is 1. The maximum absolute atomic E-state index is 4.21. The van der Waals surface area contributed by atoms with Crippen molar-refractivity contribution in [1.82, 2.24) is 15.3 Å². The standard InChI is InChI=1S/C13H19N3S/c1-6-15-13(16-7-1)17-9-8-14-12(10-2-3-10)11-4-5-11/h1,6-7,10-12,14H,2-5,8-9H2. The molecule has 17 heavy (non-hydrogen) atoms. The van der Waals surface area contributed by atoms with E-state index in [-0.39, 0.29) is 0 Å². The van der Waals surface area contributed by atoms with Gasteiger partial charge in [0, 0.05) is 30.7 Å². The maximum atomic E-state index is 4.21. The van der Waals surface area contributed by atoms with E-state index < -0.39 is 0 Å². The van der Waals surface area contributed by atoms with Gasteiger partial charge in [-0.25, -0.2) is 9.97 Å². The van der Waals surface area contributed by atoms with Crippen molar-refractivity contribution in [3.8, 4) is 0 Å². The van der Waals surface area contributed by atoms with Crippen LogP contribution >= 0.6 is 11.8 Å². The smallest absolute Gasteiger partial charge is 0.187 e. The first kappa shape index (κ1) is 11.5. The van der Waals surface area contributed by atoms with Gasteiger partial charge in [-0.3, -0.25) is 0 Å². The molecule has 92 valence electrons. The van der Waals surface area contributed by atoms with E-state index in [0.29, 0.717) is 0 Å².